The molecule has 16 heavy (non-hydrogen) atoms. The van der Waals surface area contributed by atoms with E-state index in [1.807, 2.05) is 0 Å². The SMILES string of the molecule is CC#CCCNC(=O)c1ccc(O)cc1C. The number of aromatic hydroxyl groups is 1. The zero-order valence-corrected chi connectivity index (χ0v) is 9.50. The molecular formula is C13H15NO2. The minimum atomic E-state index is -0.129. The third kappa shape index (κ3) is 3.32. The maximum Gasteiger partial charge on any atom is 0.251 e. The van der Waals surface area contributed by atoms with Crippen LogP contribution in [0.25, 0.3) is 0 Å². The number of amides is 1. The molecule has 1 aromatic rings. The molecule has 0 radical (unpaired) electrons. The highest BCUT2D eigenvalue weighted by molar-refractivity contribution is 5.95. The summed E-state index contributed by atoms with van der Waals surface area (Å²) in [4.78, 5) is 11.7. The topological polar surface area (TPSA) is 49.3 Å². The third-order valence-electron chi connectivity index (χ3n) is 2.17. The van der Waals surface area contributed by atoms with Gasteiger partial charge in [-0.05, 0) is 37.6 Å². The molecule has 84 valence electrons. The molecule has 1 aromatic carbocycles. The van der Waals surface area contributed by atoms with E-state index < -0.39 is 0 Å². The highest BCUT2D eigenvalue weighted by Gasteiger charge is 2.07. The number of rotatable bonds is 3. The first kappa shape index (κ1) is 12.1. The standard InChI is InChI=1S/C13H15NO2/c1-3-4-5-8-14-13(16)12-7-6-11(15)9-10(12)2/h6-7,9,15H,5,8H2,1-2H3,(H,14,16). The number of hydrogen-bond donors (Lipinski definition) is 2. The Labute approximate surface area is 95.5 Å². The lowest BCUT2D eigenvalue weighted by Crippen LogP contribution is -2.24. The molecule has 0 aliphatic rings. The largest absolute Gasteiger partial charge is 0.508 e. The summed E-state index contributed by atoms with van der Waals surface area (Å²) in [6, 6.07) is 4.69. The second kappa shape index (κ2) is 5.82. The van der Waals surface area contributed by atoms with Crippen molar-refractivity contribution in [3.05, 3.63) is 29.3 Å². The van der Waals surface area contributed by atoms with Crippen molar-refractivity contribution in [2.45, 2.75) is 20.3 Å². The van der Waals surface area contributed by atoms with E-state index in [0.29, 0.717) is 18.5 Å². The molecule has 0 bridgehead atoms. The van der Waals surface area contributed by atoms with Crippen molar-refractivity contribution in [2.24, 2.45) is 0 Å². The molecule has 3 heteroatoms. The molecule has 0 unspecified atom stereocenters. The van der Waals surface area contributed by atoms with E-state index in [2.05, 4.69) is 17.2 Å². The van der Waals surface area contributed by atoms with Crippen LogP contribution in [0.2, 0.25) is 0 Å². The van der Waals surface area contributed by atoms with E-state index >= 15 is 0 Å². The molecule has 1 rings (SSSR count). The van der Waals surface area contributed by atoms with Crippen LogP contribution in [0.3, 0.4) is 0 Å². The average Bonchev–Trinajstić information content (AvgIpc) is 2.24. The highest BCUT2D eigenvalue weighted by atomic mass is 16.3. The number of carbonyl (C=O) groups excluding carboxylic acids is 1. The fraction of sp³-hybridized carbons (Fsp3) is 0.308. The van der Waals surface area contributed by atoms with E-state index in [1.54, 1.807) is 26.0 Å². The van der Waals surface area contributed by atoms with E-state index in [4.69, 9.17) is 0 Å². The minimum Gasteiger partial charge on any atom is -0.508 e. The quantitative estimate of drug-likeness (QED) is 0.599. The van der Waals surface area contributed by atoms with Gasteiger partial charge < -0.3 is 10.4 Å². The third-order valence-corrected chi connectivity index (χ3v) is 2.17. The molecular weight excluding hydrogens is 202 g/mol. The summed E-state index contributed by atoms with van der Waals surface area (Å²) in [5.74, 6) is 5.68. The Bertz CT molecular complexity index is 441. The summed E-state index contributed by atoms with van der Waals surface area (Å²) in [5, 5.41) is 12.0. The fourth-order valence-corrected chi connectivity index (χ4v) is 1.36. The molecule has 0 aliphatic carbocycles. The predicted octanol–water partition coefficient (Wildman–Crippen LogP) is 1.84. The summed E-state index contributed by atoms with van der Waals surface area (Å²) < 4.78 is 0. The van der Waals surface area contributed by atoms with Crippen LogP contribution < -0.4 is 5.32 Å². The minimum absolute atomic E-state index is 0.129. The van der Waals surface area contributed by atoms with Gasteiger partial charge in [0, 0.05) is 18.5 Å². The van der Waals surface area contributed by atoms with E-state index in [0.717, 1.165) is 5.56 Å². The van der Waals surface area contributed by atoms with Gasteiger partial charge in [0.15, 0.2) is 0 Å². The van der Waals surface area contributed by atoms with Crippen LogP contribution in [0.1, 0.15) is 29.3 Å². The van der Waals surface area contributed by atoms with Crippen LogP contribution in [0.4, 0.5) is 0 Å². The highest BCUT2D eigenvalue weighted by Crippen LogP contribution is 2.15. The Morgan fingerprint density at radius 2 is 2.25 bits per heavy atom. The molecule has 0 spiro atoms. The second-order valence-corrected chi connectivity index (χ2v) is 3.43. The summed E-state index contributed by atoms with van der Waals surface area (Å²) >= 11 is 0. The zero-order chi connectivity index (χ0) is 12.0. The van der Waals surface area contributed by atoms with Gasteiger partial charge in [0.1, 0.15) is 5.75 Å². The molecule has 1 amide bonds. The van der Waals surface area contributed by atoms with Crippen molar-refractivity contribution in [1.29, 1.82) is 0 Å². The van der Waals surface area contributed by atoms with Gasteiger partial charge in [0.25, 0.3) is 5.91 Å². The van der Waals surface area contributed by atoms with Crippen molar-refractivity contribution in [3.8, 4) is 17.6 Å². The molecule has 0 atom stereocenters. The molecule has 0 fully saturated rings. The Balaban J connectivity index is 2.61. The molecule has 0 heterocycles. The first-order valence-electron chi connectivity index (χ1n) is 5.12. The van der Waals surface area contributed by atoms with Crippen LogP contribution in [0.15, 0.2) is 18.2 Å². The predicted molar refractivity (Wildman–Crippen MR) is 63.2 cm³/mol. The lowest BCUT2D eigenvalue weighted by molar-refractivity contribution is 0.0954. The van der Waals surface area contributed by atoms with Crippen LogP contribution in [-0.2, 0) is 0 Å². The van der Waals surface area contributed by atoms with Crippen molar-refractivity contribution in [3.63, 3.8) is 0 Å². The molecule has 0 saturated heterocycles. The van der Waals surface area contributed by atoms with Gasteiger partial charge in [-0.25, -0.2) is 0 Å². The zero-order valence-electron chi connectivity index (χ0n) is 9.50. The van der Waals surface area contributed by atoms with Gasteiger partial charge in [0.2, 0.25) is 0 Å². The van der Waals surface area contributed by atoms with E-state index in [9.17, 15) is 9.90 Å². The monoisotopic (exact) mass is 217 g/mol. The number of nitrogens with one attached hydrogen (secondary N) is 1. The number of aryl methyl sites for hydroxylation is 1. The van der Waals surface area contributed by atoms with E-state index in [1.165, 1.54) is 6.07 Å². The molecule has 2 N–H and O–H groups in total. The van der Waals surface area contributed by atoms with Gasteiger partial charge in [0.05, 0.1) is 0 Å². The van der Waals surface area contributed by atoms with Crippen molar-refractivity contribution >= 4 is 5.91 Å². The normalized spacial score (nSPS) is 9.12. The van der Waals surface area contributed by atoms with Gasteiger partial charge in [-0.3, -0.25) is 4.79 Å². The number of carbonyl (C=O) groups is 1. The Morgan fingerprint density at radius 3 is 2.88 bits per heavy atom. The number of phenols is 1. The summed E-state index contributed by atoms with van der Waals surface area (Å²) in [5.41, 5.74) is 1.35. The van der Waals surface area contributed by atoms with E-state index in [-0.39, 0.29) is 11.7 Å². The number of phenolic OH excluding ortho intramolecular Hbond substituents is 1. The maximum absolute atomic E-state index is 11.7. The summed E-state index contributed by atoms with van der Waals surface area (Å²) in [7, 11) is 0. The second-order valence-electron chi connectivity index (χ2n) is 3.43. The van der Waals surface area contributed by atoms with Gasteiger partial charge in [-0.15, -0.1) is 11.8 Å². The molecule has 0 aromatic heterocycles. The Kier molecular flexibility index (Phi) is 4.41. The lowest BCUT2D eigenvalue weighted by Gasteiger charge is -2.06. The molecule has 0 aliphatic heterocycles. The smallest absolute Gasteiger partial charge is 0.251 e. The van der Waals surface area contributed by atoms with Gasteiger partial charge in [-0.1, -0.05) is 0 Å². The fourth-order valence-electron chi connectivity index (χ4n) is 1.36. The number of benzene rings is 1. The molecule has 0 saturated carbocycles. The van der Waals surface area contributed by atoms with Crippen LogP contribution in [-0.4, -0.2) is 17.6 Å². The first-order chi connectivity index (χ1) is 7.65. The van der Waals surface area contributed by atoms with Crippen LogP contribution in [0.5, 0.6) is 5.75 Å². The van der Waals surface area contributed by atoms with Crippen molar-refractivity contribution < 1.29 is 9.90 Å². The lowest BCUT2D eigenvalue weighted by atomic mass is 10.1. The maximum atomic E-state index is 11.7. The van der Waals surface area contributed by atoms with Crippen molar-refractivity contribution in [2.75, 3.05) is 6.54 Å². The van der Waals surface area contributed by atoms with Gasteiger partial charge >= 0.3 is 0 Å². The molecule has 3 nitrogen and oxygen atoms in total. The van der Waals surface area contributed by atoms with Crippen LogP contribution in [0, 0.1) is 18.8 Å². The number of hydrogen-bond acceptors (Lipinski definition) is 2. The summed E-state index contributed by atoms with van der Waals surface area (Å²) in [6.07, 6.45) is 0.652. The van der Waals surface area contributed by atoms with Gasteiger partial charge in [-0.2, -0.15) is 0 Å². The Morgan fingerprint density at radius 1 is 1.50 bits per heavy atom. The van der Waals surface area contributed by atoms with Crippen molar-refractivity contribution in [1.82, 2.24) is 5.32 Å². The Hall–Kier alpha value is -1.95. The average molecular weight is 217 g/mol. The summed E-state index contributed by atoms with van der Waals surface area (Å²) in [6.45, 7) is 4.10. The first-order valence-corrected chi connectivity index (χ1v) is 5.12. The van der Waals surface area contributed by atoms with Crippen LogP contribution >= 0.6 is 0 Å².